The van der Waals surface area contributed by atoms with E-state index in [0.29, 0.717) is 28.3 Å². The number of methoxy groups -OCH3 is 2. The fraction of sp³-hybridized carbons (Fsp3) is 0.192. The molecule has 0 saturated carbocycles. The number of aromatic nitrogens is 2. The van der Waals surface area contributed by atoms with E-state index in [-0.39, 0.29) is 18.7 Å². The minimum atomic E-state index is -0.896. The first kappa shape index (κ1) is 22.8. The van der Waals surface area contributed by atoms with Crippen molar-refractivity contribution in [1.82, 2.24) is 9.55 Å². The van der Waals surface area contributed by atoms with Crippen molar-refractivity contribution in [3.63, 3.8) is 0 Å². The average molecular weight is 460 g/mol. The van der Waals surface area contributed by atoms with Crippen molar-refractivity contribution in [3.8, 4) is 11.5 Å². The van der Waals surface area contributed by atoms with E-state index in [1.54, 1.807) is 50.9 Å². The Morgan fingerprint density at radius 3 is 2.53 bits per heavy atom. The number of nitrogens with zero attached hydrogens (tertiary/aromatic N) is 2. The molecule has 2 N–H and O–H groups in total. The molecule has 8 nitrogen and oxygen atoms in total. The van der Waals surface area contributed by atoms with Crippen LogP contribution in [0.25, 0.3) is 11.0 Å². The molecule has 0 saturated heterocycles. The number of carbonyl (C=O) groups excluding carboxylic acids is 1. The van der Waals surface area contributed by atoms with Gasteiger partial charge >= 0.3 is 5.97 Å². The second-order valence-corrected chi connectivity index (χ2v) is 7.78. The molecule has 0 aliphatic rings. The Morgan fingerprint density at radius 2 is 1.82 bits per heavy atom. The highest BCUT2D eigenvalue weighted by molar-refractivity contribution is 5.94. The first-order valence-corrected chi connectivity index (χ1v) is 10.7. The number of hydrogen-bond donors (Lipinski definition) is 2. The lowest BCUT2D eigenvalue weighted by Crippen LogP contribution is -2.15. The van der Waals surface area contributed by atoms with Crippen LogP contribution in [0, 0.1) is 0 Å². The van der Waals surface area contributed by atoms with Gasteiger partial charge in [-0.25, -0.2) is 4.98 Å². The predicted molar refractivity (Wildman–Crippen MR) is 128 cm³/mol. The molecule has 0 bridgehead atoms. The number of carboxylic acids is 1. The van der Waals surface area contributed by atoms with Gasteiger partial charge in [0, 0.05) is 11.3 Å². The highest BCUT2D eigenvalue weighted by Crippen LogP contribution is 2.28. The van der Waals surface area contributed by atoms with E-state index >= 15 is 0 Å². The molecule has 8 heteroatoms. The van der Waals surface area contributed by atoms with Crippen LogP contribution in [-0.2, 0) is 16.0 Å². The second-order valence-electron chi connectivity index (χ2n) is 7.78. The fourth-order valence-corrected chi connectivity index (χ4v) is 3.97. The van der Waals surface area contributed by atoms with E-state index in [1.165, 1.54) is 0 Å². The maximum atomic E-state index is 12.7. The normalized spacial score (nSPS) is 11.7. The van der Waals surface area contributed by atoms with Gasteiger partial charge in [0.25, 0.3) is 0 Å². The summed E-state index contributed by atoms with van der Waals surface area (Å²) in [6.07, 6.45) is 1.68. The quantitative estimate of drug-likeness (QED) is 0.387. The zero-order chi connectivity index (χ0) is 24.1. The number of aliphatic carboxylic acids is 1. The Hall–Kier alpha value is -4.33. The molecule has 0 aliphatic heterocycles. The number of benzene rings is 3. The van der Waals surface area contributed by atoms with Crippen LogP contribution in [0.5, 0.6) is 11.5 Å². The van der Waals surface area contributed by atoms with Gasteiger partial charge in [0.15, 0.2) is 0 Å². The lowest BCUT2D eigenvalue weighted by molar-refractivity contribution is -0.137. The molecule has 34 heavy (non-hydrogen) atoms. The monoisotopic (exact) mass is 459 g/mol. The number of carboxylic acid groups (broad SMARTS) is 1. The SMILES string of the molecule is COc1ccc(OC)c(CC(=O)Nc2ccc3c(c2)ncn3C(CC(=O)O)c2ccccc2)c1. The molecule has 174 valence electrons. The van der Waals surface area contributed by atoms with Crippen LogP contribution in [0.2, 0.25) is 0 Å². The maximum Gasteiger partial charge on any atom is 0.305 e. The van der Waals surface area contributed by atoms with Crippen molar-refractivity contribution in [1.29, 1.82) is 0 Å². The summed E-state index contributed by atoms with van der Waals surface area (Å²) < 4.78 is 12.5. The third-order valence-electron chi connectivity index (χ3n) is 5.59. The summed E-state index contributed by atoms with van der Waals surface area (Å²) >= 11 is 0. The highest BCUT2D eigenvalue weighted by Gasteiger charge is 2.20. The van der Waals surface area contributed by atoms with E-state index in [4.69, 9.17) is 9.47 Å². The van der Waals surface area contributed by atoms with Gasteiger partial charge in [-0.1, -0.05) is 30.3 Å². The maximum absolute atomic E-state index is 12.7. The molecule has 3 aromatic carbocycles. The number of anilines is 1. The van der Waals surface area contributed by atoms with Crippen molar-refractivity contribution >= 4 is 28.6 Å². The molecule has 0 spiro atoms. The Morgan fingerprint density at radius 1 is 1.03 bits per heavy atom. The van der Waals surface area contributed by atoms with E-state index in [2.05, 4.69) is 10.3 Å². The van der Waals surface area contributed by atoms with Gasteiger partial charge in [0.2, 0.25) is 5.91 Å². The van der Waals surface area contributed by atoms with Crippen LogP contribution >= 0.6 is 0 Å². The Labute approximate surface area is 196 Å². The smallest absolute Gasteiger partial charge is 0.305 e. The summed E-state index contributed by atoms with van der Waals surface area (Å²) in [6.45, 7) is 0. The van der Waals surface area contributed by atoms with Crippen molar-refractivity contribution in [2.45, 2.75) is 18.9 Å². The number of amides is 1. The molecule has 0 radical (unpaired) electrons. The summed E-state index contributed by atoms with van der Waals surface area (Å²) in [7, 11) is 3.12. The minimum Gasteiger partial charge on any atom is -0.497 e. The molecule has 0 fully saturated rings. The molecule has 1 aromatic heterocycles. The molecule has 4 aromatic rings. The summed E-state index contributed by atoms with van der Waals surface area (Å²) in [5.74, 6) is 0.145. The standard InChI is InChI=1S/C26H25N3O5/c1-33-20-9-11-24(34-2)18(12-20)13-25(30)28-19-8-10-22-21(14-19)27-16-29(22)23(15-26(31)32)17-6-4-3-5-7-17/h3-12,14,16,23H,13,15H2,1-2H3,(H,28,30)(H,31,32). The minimum absolute atomic E-state index is 0.0731. The predicted octanol–water partition coefficient (Wildman–Crippen LogP) is 4.30. The number of carbonyl (C=O) groups is 2. The van der Waals surface area contributed by atoms with E-state index in [1.807, 2.05) is 41.0 Å². The van der Waals surface area contributed by atoms with Crippen LogP contribution < -0.4 is 14.8 Å². The number of hydrogen-bond acceptors (Lipinski definition) is 5. The summed E-state index contributed by atoms with van der Waals surface area (Å²) in [5, 5.41) is 12.3. The summed E-state index contributed by atoms with van der Waals surface area (Å²) in [5.41, 5.74) is 3.63. The van der Waals surface area contributed by atoms with Crippen LogP contribution in [0.3, 0.4) is 0 Å². The fourth-order valence-electron chi connectivity index (χ4n) is 3.97. The van der Waals surface area contributed by atoms with Crippen LogP contribution in [-0.4, -0.2) is 40.8 Å². The topological polar surface area (TPSA) is 103 Å². The molecule has 1 heterocycles. The Bertz CT molecular complexity index is 1320. The number of nitrogens with one attached hydrogen (secondary N) is 1. The molecule has 4 rings (SSSR count). The number of imidazole rings is 1. The largest absolute Gasteiger partial charge is 0.497 e. The Balaban J connectivity index is 1.56. The zero-order valence-electron chi connectivity index (χ0n) is 18.9. The summed E-state index contributed by atoms with van der Waals surface area (Å²) in [4.78, 5) is 28.7. The van der Waals surface area contributed by atoms with Gasteiger partial charge in [0.05, 0.1) is 50.5 Å². The lowest BCUT2D eigenvalue weighted by Gasteiger charge is -2.18. The van der Waals surface area contributed by atoms with Crippen LogP contribution in [0.1, 0.15) is 23.6 Å². The average Bonchev–Trinajstić information content (AvgIpc) is 3.25. The van der Waals surface area contributed by atoms with E-state index in [0.717, 1.165) is 11.1 Å². The lowest BCUT2D eigenvalue weighted by atomic mass is 10.0. The van der Waals surface area contributed by atoms with Crippen molar-refractivity contribution < 1.29 is 24.2 Å². The van der Waals surface area contributed by atoms with Gasteiger partial charge in [-0.15, -0.1) is 0 Å². The third-order valence-corrected chi connectivity index (χ3v) is 5.59. The summed E-state index contributed by atoms with van der Waals surface area (Å²) in [6, 6.07) is 19.8. The van der Waals surface area contributed by atoms with Crippen LogP contribution in [0.15, 0.2) is 73.1 Å². The Kier molecular flexibility index (Phi) is 6.77. The second kappa shape index (κ2) is 10.1. The van der Waals surface area contributed by atoms with Crippen molar-refractivity contribution in [3.05, 3.63) is 84.2 Å². The van der Waals surface area contributed by atoms with E-state index in [9.17, 15) is 14.7 Å². The van der Waals surface area contributed by atoms with Crippen molar-refractivity contribution in [2.75, 3.05) is 19.5 Å². The van der Waals surface area contributed by atoms with E-state index < -0.39 is 12.0 Å². The van der Waals surface area contributed by atoms with Crippen LogP contribution in [0.4, 0.5) is 5.69 Å². The molecule has 1 atom stereocenters. The van der Waals surface area contributed by atoms with Gasteiger partial charge in [-0.05, 0) is 42.0 Å². The number of fused-ring (bicyclic) bond motifs is 1. The first-order valence-electron chi connectivity index (χ1n) is 10.7. The molecular formula is C26H25N3O5. The molecule has 1 unspecified atom stereocenters. The van der Waals surface area contributed by atoms with Gasteiger partial charge in [-0.2, -0.15) is 0 Å². The zero-order valence-corrected chi connectivity index (χ0v) is 18.9. The molecule has 1 amide bonds. The first-order chi connectivity index (χ1) is 16.5. The number of rotatable bonds is 9. The van der Waals surface area contributed by atoms with Gasteiger partial charge < -0.3 is 24.5 Å². The number of ether oxygens (including phenoxy) is 2. The highest BCUT2D eigenvalue weighted by atomic mass is 16.5. The van der Waals surface area contributed by atoms with Gasteiger partial charge in [0.1, 0.15) is 11.5 Å². The molecular weight excluding hydrogens is 434 g/mol. The van der Waals surface area contributed by atoms with Gasteiger partial charge in [-0.3, -0.25) is 9.59 Å². The van der Waals surface area contributed by atoms with Crippen molar-refractivity contribution in [2.24, 2.45) is 0 Å². The molecule has 0 aliphatic carbocycles. The third kappa shape index (κ3) is 5.01.